The maximum absolute atomic E-state index is 10.3. The van der Waals surface area contributed by atoms with Crippen LogP contribution >= 0.6 is 0 Å². The van der Waals surface area contributed by atoms with Gasteiger partial charge in [-0.15, -0.1) is 0 Å². The molecule has 0 unspecified atom stereocenters. The standard InChI is InChI=1S/C13H12O3/c1-9-11(4-3-7-14)12-8-10(15-2)5-6-13(12)16-9/h3-8H,1-2H3/b4-3+. The Kier molecular flexibility index (Phi) is 2.77. The van der Waals surface area contributed by atoms with Gasteiger partial charge < -0.3 is 9.15 Å². The van der Waals surface area contributed by atoms with Gasteiger partial charge in [0, 0.05) is 10.9 Å². The first-order valence-corrected chi connectivity index (χ1v) is 4.95. The van der Waals surface area contributed by atoms with Crippen molar-refractivity contribution in [3.63, 3.8) is 0 Å². The van der Waals surface area contributed by atoms with E-state index in [1.165, 1.54) is 6.08 Å². The second kappa shape index (κ2) is 4.23. The predicted octanol–water partition coefficient (Wildman–Crippen LogP) is 2.96. The minimum atomic E-state index is 0.748. The van der Waals surface area contributed by atoms with E-state index in [0.717, 1.165) is 34.3 Å². The Balaban J connectivity index is 2.65. The molecule has 0 aliphatic heterocycles. The Morgan fingerprint density at radius 2 is 2.19 bits per heavy atom. The summed E-state index contributed by atoms with van der Waals surface area (Å²) in [5.74, 6) is 1.57. The molecule has 1 heterocycles. The first-order valence-electron chi connectivity index (χ1n) is 4.95. The molecule has 0 fully saturated rings. The minimum absolute atomic E-state index is 0.748. The van der Waals surface area contributed by atoms with Crippen LogP contribution in [0.5, 0.6) is 5.75 Å². The fraction of sp³-hybridized carbons (Fsp3) is 0.154. The Morgan fingerprint density at radius 3 is 2.88 bits per heavy atom. The van der Waals surface area contributed by atoms with E-state index >= 15 is 0 Å². The van der Waals surface area contributed by atoms with Crippen LogP contribution in [0.4, 0.5) is 0 Å². The first-order chi connectivity index (χ1) is 7.76. The highest BCUT2D eigenvalue weighted by atomic mass is 16.5. The summed E-state index contributed by atoms with van der Waals surface area (Å²) in [6.45, 7) is 1.87. The lowest BCUT2D eigenvalue weighted by molar-refractivity contribution is -0.104. The molecule has 0 N–H and O–H groups in total. The van der Waals surface area contributed by atoms with Crippen LogP contribution in [0, 0.1) is 6.92 Å². The van der Waals surface area contributed by atoms with Crippen molar-refractivity contribution < 1.29 is 13.9 Å². The maximum atomic E-state index is 10.3. The molecule has 0 aliphatic carbocycles. The van der Waals surface area contributed by atoms with Crippen LogP contribution in [0.25, 0.3) is 17.0 Å². The lowest BCUT2D eigenvalue weighted by Crippen LogP contribution is -1.81. The molecular weight excluding hydrogens is 204 g/mol. The Morgan fingerprint density at radius 1 is 1.38 bits per heavy atom. The zero-order valence-electron chi connectivity index (χ0n) is 9.19. The van der Waals surface area contributed by atoms with Gasteiger partial charge >= 0.3 is 0 Å². The van der Waals surface area contributed by atoms with Crippen molar-refractivity contribution in [3.05, 3.63) is 35.6 Å². The number of rotatable bonds is 3. The lowest BCUT2D eigenvalue weighted by Gasteiger charge is -1.98. The van der Waals surface area contributed by atoms with Crippen LogP contribution < -0.4 is 4.74 Å². The quantitative estimate of drug-likeness (QED) is 0.585. The molecule has 1 aromatic heterocycles. The van der Waals surface area contributed by atoms with Crippen LogP contribution in [-0.4, -0.2) is 13.4 Å². The molecule has 0 amide bonds. The normalized spacial score (nSPS) is 11.1. The number of hydrogen-bond donors (Lipinski definition) is 0. The fourth-order valence-corrected chi connectivity index (χ4v) is 1.69. The van der Waals surface area contributed by atoms with E-state index < -0.39 is 0 Å². The molecule has 82 valence electrons. The second-order valence-corrected chi connectivity index (χ2v) is 3.43. The molecule has 0 radical (unpaired) electrons. The van der Waals surface area contributed by atoms with Crippen LogP contribution in [-0.2, 0) is 4.79 Å². The molecule has 2 aromatic rings. The zero-order chi connectivity index (χ0) is 11.5. The summed E-state index contributed by atoms with van der Waals surface area (Å²) in [5.41, 5.74) is 1.71. The number of fused-ring (bicyclic) bond motifs is 1. The number of benzene rings is 1. The number of aldehydes is 1. The number of allylic oxidation sites excluding steroid dienone is 1. The third-order valence-electron chi connectivity index (χ3n) is 2.46. The molecule has 2 rings (SSSR count). The molecule has 16 heavy (non-hydrogen) atoms. The summed E-state index contributed by atoms with van der Waals surface area (Å²) in [5, 5.41) is 0.954. The summed E-state index contributed by atoms with van der Waals surface area (Å²) >= 11 is 0. The molecule has 0 saturated heterocycles. The first kappa shape index (κ1) is 10.5. The van der Waals surface area contributed by atoms with Crippen molar-refractivity contribution in [1.82, 2.24) is 0 Å². The van der Waals surface area contributed by atoms with Gasteiger partial charge in [-0.05, 0) is 37.3 Å². The van der Waals surface area contributed by atoms with Gasteiger partial charge in [-0.2, -0.15) is 0 Å². The summed E-state index contributed by atoms with van der Waals surface area (Å²) in [6.07, 6.45) is 3.95. The van der Waals surface area contributed by atoms with Gasteiger partial charge in [0.05, 0.1) is 7.11 Å². The molecule has 0 bridgehead atoms. The number of aryl methyl sites for hydroxylation is 1. The van der Waals surface area contributed by atoms with E-state index in [0.29, 0.717) is 0 Å². The van der Waals surface area contributed by atoms with Crippen LogP contribution in [0.3, 0.4) is 0 Å². The predicted molar refractivity (Wildman–Crippen MR) is 62.6 cm³/mol. The van der Waals surface area contributed by atoms with Crippen molar-refractivity contribution in [2.24, 2.45) is 0 Å². The van der Waals surface area contributed by atoms with Gasteiger partial charge in [0.2, 0.25) is 0 Å². The van der Waals surface area contributed by atoms with Gasteiger partial charge in [0.15, 0.2) is 0 Å². The number of carbonyl (C=O) groups excluding carboxylic acids is 1. The van der Waals surface area contributed by atoms with E-state index in [9.17, 15) is 4.79 Å². The molecule has 1 aromatic carbocycles. The van der Waals surface area contributed by atoms with E-state index in [-0.39, 0.29) is 0 Å². The third kappa shape index (κ3) is 1.72. The summed E-state index contributed by atoms with van der Waals surface area (Å²) in [7, 11) is 1.62. The Labute approximate surface area is 93.3 Å². The van der Waals surface area contributed by atoms with E-state index in [4.69, 9.17) is 9.15 Å². The minimum Gasteiger partial charge on any atom is -0.497 e. The molecular formula is C13H12O3. The molecule has 0 aliphatic rings. The molecule has 0 atom stereocenters. The summed E-state index contributed by atoms with van der Waals surface area (Å²) in [6, 6.07) is 5.61. The van der Waals surface area contributed by atoms with Gasteiger partial charge in [-0.25, -0.2) is 0 Å². The summed E-state index contributed by atoms with van der Waals surface area (Å²) < 4.78 is 10.7. The Bertz CT molecular complexity index is 550. The third-order valence-corrected chi connectivity index (χ3v) is 2.46. The van der Waals surface area contributed by atoms with Crippen LogP contribution in [0.1, 0.15) is 11.3 Å². The largest absolute Gasteiger partial charge is 0.497 e. The number of furan rings is 1. The zero-order valence-corrected chi connectivity index (χ0v) is 9.19. The molecule has 3 heteroatoms. The lowest BCUT2D eigenvalue weighted by atomic mass is 10.1. The van der Waals surface area contributed by atoms with Gasteiger partial charge in [-0.3, -0.25) is 4.79 Å². The fourth-order valence-electron chi connectivity index (χ4n) is 1.69. The molecule has 3 nitrogen and oxygen atoms in total. The average molecular weight is 216 g/mol. The number of carbonyl (C=O) groups is 1. The van der Waals surface area contributed by atoms with Crippen molar-refractivity contribution in [2.75, 3.05) is 7.11 Å². The van der Waals surface area contributed by atoms with Crippen molar-refractivity contribution in [3.8, 4) is 5.75 Å². The van der Waals surface area contributed by atoms with Gasteiger partial charge in [0.1, 0.15) is 23.4 Å². The monoisotopic (exact) mass is 216 g/mol. The van der Waals surface area contributed by atoms with Gasteiger partial charge in [0.25, 0.3) is 0 Å². The highest BCUT2D eigenvalue weighted by Gasteiger charge is 2.08. The Hall–Kier alpha value is -2.03. The molecule has 0 spiro atoms. The topological polar surface area (TPSA) is 39.4 Å². The number of hydrogen-bond acceptors (Lipinski definition) is 3. The van der Waals surface area contributed by atoms with Crippen molar-refractivity contribution >= 4 is 23.3 Å². The van der Waals surface area contributed by atoms with E-state index in [1.54, 1.807) is 13.2 Å². The SMILES string of the molecule is COc1ccc2oc(C)c(/C=C/C=O)c2c1. The number of methoxy groups -OCH3 is 1. The molecule has 0 saturated carbocycles. The van der Waals surface area contributed by atoms with E-state index in [1.807, 2.05) is 25.1 Å². The van der Waals surface area contributed by atoms with E-state index in [2.05, 4.69) is 0 Å². The van der Waals surface area contributed by atoms with Crippen molar-refractivity contribution in [1.29, 1.82) is 0 Å². The van der Waals surface area contributed by atoms with Crippen molar-refractivity contribution in [2.45, 2.75) is 6.92 Å². The highest BCUT2D eigenvalue weighted by Crippen LogP contribution is 2.29. The van der Waals surface area contributed by atoms with Crippen LogP contribution in [0.15, 0.2) is 28.7 Å². The van der Waals surface area contributed by atoms with Crippen LogP contribution in [0.2, 0.25) is 0 Å². The number of ether oxygens (including phenoxy) is 1. The second-order valence-electron chi connectivity index (χ2n) is 3.43. The summed E-state index contributed by atoms with van der Waals surface area (Å²) in [4.78, 5) is 10.3. The highest BCUT2D eigenvalue weighted by molar-refractivity contribution is 5.91. The van der Waals surface area contributed by atoms with Gasteiger partial charge in [-0.1, -0.05) is 0 Å². The maximum Gasteiger partial charge on any atom is 0.142 e. The average Bonchev–Trinajstić information content (AvgIpc) is 2.61. The smallest absolute Gasteiger partial charge is 0.142 e.